The Bertz CT molecular complexity index is 381. The van der Waals surface area contributed by atoms with E-state index in [1.54, 1.807) is 18.2 Å². The summed E-state index contributed by atoms with van der Waals surface area (Å²) in [6.45, 7) is 0. The molecule has 0 aliphatic carbocycles. The van der Waals surface area contributed by atoms with E-state index in [9.17, 15) is 4.79 Å². The van der Waals surface area contributed by atoms with E-state index in [4.69, 9.17) is 16.7 Å². The van der Waals surface area contributed by atoms with Gasteiger partial charge >= 0.3 is 0 Å². The number of primary amides is 1. The minimum atomic E-state index is -0.691. The first kappa shape index (κ1) is 10.2. The quantitative estimate of drug-likeness (QED) is 0.696. The van der Waals surface area contributed by atoms with E-state index in [0.717, 1.165) is 5.56 Å². The van der Waals surface area contributed by atoms with E-state index in [0.29, 0.717) is 12.0 Å². The molecule has 14 heavy (non-hydrogen) atoms. The second kappa shape index (κ2) is 4.40. The van der Waals surface area contributed by atoms with Gasteiger partial charge in [0.2, 0.25) is 5.91 Å². The first-order valence-electron chi connectivity index (χ1n) is 4.17. The van der Waals surface area contributed by atoms with Crippen molar-refractivity contribution in [3.8, 4) is 6.07 Å². The van der Waals surface area contributed by atoms with Crippen molar-refractivity contribution in [2.24, 2.45) is 11.5 Å². The van der Waals surface area contributed by atoms with E-state index in [1.807, 2.05) is 12.1 Å². The first-order chi connectivity index (χ1) is 6.63. The van der Waals surface area contributed by atoms with Gasteiger partial charge in [0.05, 0.1) is 17.7 Å². The van der Waals surface area contributed by atoms with Crippen LogP contribution in [-0.2, 0) is 11.2 Å². The minimum absolute atomic E-state index is 0.366. The Kier molecular flexibility index (Phi) is 3.21. The Hall–Kier alpha value is -1.86. The summed E-state index contributed by atoms with van der Waals surface area (Å²) < 4.78 is 0. The van der Waals surface area contributed by atoms with Crippen LogP contribution in [0, 0.1) is 11.3 Å². The number of hydrogen-bond acceptors (Lipinski definition) is 3. The number of amides is 1. The molecule has 0 unspecified atom stereocenters. The van der Waals surface area contributed by atoms with Gasteiger partial charge in [-0.2, -0.15) is 5.26 Å². The summed E-state index contributed by atoms with van der Waals surface area (Å²) >= 11 is 0. The molecule has 4 nitrogen and oxygen atoms in total. The SMILES string of the molecule is N#Cc1cccc(C[C@H](N)C(N)=O)c1. The van der Waals surface area contributed by atoms with E-state index in [2.05, 4.69) is 0 Å². The molecule has 0 spiro atoms. The molecule has 4 heteroatoms. The van der Waals surface area contributed by atoms with E-state index in [1.165, 1.54) is 0 Å². The Morgan fingerprint density at radius 3 is 2.86 bits per heavy atom. The number of nitrogens with zero attached hydrogens (tertiary/aromatic N) is 1. The number of rotatable bonds is 3. The zero-order valence-electron chi connectivity index (χ0n) is 7.60. The third-order valence-corrected chi connectivity index (χ3v) is 1.88. The van der Waals surface area contributed by atoms with E-state index in [-0.39, 0.29) is 0 Å². The summed E-state index contributed by atoms with van der Waals surface area (Å²) in [6, 6.07) is 8.27. The van der Waals surface area contributed by atoms with Crippen LogP contribution >= 0.6 is 0 Å². The van der Waals surface area contributed by atoms with Crippen LogP contribution in [0.15, 0.2) is 24.3 Å². The van der Waals surface area contributed by atoms with Gasteiger partial charge in [0.1, 0.15) is 0 Å². The Morgan fingerprint density at radius 1 is 1.57 bits per heavy atom. The van der Waals surface area contributed by atoms with Gasteiger partial charge in [-0.3, -0.25) is 4.79 Å². The average molecular weight is 189 g/mol. The normalized spacial score (nSPS) is 11.7. The minimum Gasteiger partial charge on any atom is -0.368 e. The van der Waals surface area contributed by atoms with Gasteiger partial charge in [-0.25, -0.2) is 0 Å². The first-order valence-corrected chi connectivity index (χ1v) is 4.17. The van der Waals surface area contributed by atoms with Crippen molar-refractivity contribution >= 4 is 5.91 Å². The van der Waals surface area contributed by atoms with Crippen molar-refractivity contribution in [3.63, 3.8) is 0 Å². The highest BCUT2D eigenvalue weighted by Gasteiger charge is 2.09. The molecular weight excluding hydrogens is 178 g/mol. The number of carbonyl (C=O) groups excluding carboxylic acids is 1. The number of carbonyl (C=O) groups is 1. The number of benzene rings is 1. The molecular formula is C10H11N3O. The van der Waals surface area contributed by atoms with Gasteiger partial charge in [0.25, 0.3) is 0 Å². The average Bonchev–Trinajstić information content (AvgIpc) is 2.18. The second-order valence-electron chi connectivity index (χ2n) is 3.03. The Labute approximate surface area is 82.1 Å². The summed E-state index contributed by atoms with van der Waals surface area (Å²) in [5, 5.41) is 8.63. The van der Waals surface area contributed by atoms with Gasteiger partial charge in [-0.1, -0.05) is 12.1 Å². The molecule has 1 aromatic carbocycles. The standard InChI is InChI=1S/C10H11N3O/c11-6-8-3-1-2-7(4-8)5-9(12)10(13)14/h1-4,9H,5,12H2,(H2,13,14)/t9-/m0/s1. The highest BCUT2D eigenvalue weighted by atomic mass is 16.1. The van der Waals surface area contributed by atoms with Crippen LogP contribution in [0.2, 0.25) is 0 Å². The fourth-order valence-corrected chi connectivity index (χ4v) is 1.12. The van der Waals surface area contributed by atoms with Crippen LogP contribution in [0.1, 0.15) is 11.1 Å². The van der Waals surface area contributed by atoms with Crippen molar-refractivity contribution in [1.29, 1.82) is 5.26 Å². The van der Waals surface area contributed by atoms with Crippen molar-refractivity contribution in [2.45, 2.75) is 12.5 Å². The summed E-state index contributed by atoms with van der Waals surface area (Å²) in [5.74, 6) is -0.535. The molecule has 1 aromatic rings. The predicted molar refractivity (Wildman–Crippen MR) is 52.0 cm³/mol. The summed E-state index contributed by atoms with van der Waals surface area (Å²) in [7, 11) is 0. The van der Waals surface area contributed by atoms with Crippen LogP contribution in [0.4, 0.5) is 0 Å². The monoisotopic (exact) mass is 189 g/mol. The maximum absolute atomic E-state index is 10.7. The third kappa shape index (κ3) is 2.57. The number of nitriles is 1. The number of hydrogen-bond donors (Lipinski definition) is 2. The molecule has 1 atom stereocenters. The second-order valence-corrected chi connectivity index (χ2v) is 3.03. The molecule has 0 saturated heterocycles. The lowest BCUT2D eigenvalue weighted by molar-refractivity contribution is -0.119. The summed E-state index contributed by atoms with van der Waals surface area (Å²) in [5.41, 5.74) is 11.9. The molecule has 0 aliphatic rings. The highest BCUT2D eigenvalue weighted by Crippen LogP contribution is 2.05. The van der Waals surface area contributed by atoms with Crippen molar-refractivity contribution in [3.05, 3.63) is 35.4 Å². The molecule has 0 aromatic heterocycles. The topological polar surface area (TPSA) is 92.9 Å². The van der Waals surface area contributed by atoms with E-state index >= 15 is 0 Å². The smallest absolute Gasteiger partial charge is 0.234 e. The van der Waals surface area contributed by atoms with Crippen molar-refractivity contribution in [2.75, 3.05) is 0 Å². The van der Waals surface area contributed by atoms with Gasteiger partial charge in [-0.15, -0.1) is 0 Å². The zero-order valence-corrected chi connectivity index (χ0v) is 7.60. The van der Waals surface area contributed by atoms with Crippen LogP contribution in [0.5, 0.6) is 0 Å². The molecule has 0 saturated carbocycles. The summed E-state index contributed by atoms with van der Waals surface area (Å²) in [6.07, 6.45) is 0.366. The highest BCUT2D eigenvalue weighted by molar-refractivity contribution is 5.79. The molecule has 0 heterocycles. The maximum atomic E-state index is 10.7. The van der Waals surface area contributed by atoms with Crippen molar-refractivity contribution < 1.29 is 4.79 Å². The largest absolute Gasteiger partial charge is 0.368 e. The van der Waals surface area contributed by atoms with Crippen LogP contribution < -0.4 is 11.5 Å². The van der Waals surface area contributed by atoms with Crippen LogP contribution in [0.3, 0.4) is 0 Å². The molecule has 0 aliphatic heterocycles. The fraction of sp³-hybridized carbons (Fsp3) is 0.200. The predicted octanol–water partition coefficient (Wildman–Crippen LogP) is -0.0866. The van der Waals surface area contributed by atoms with Crippen molar-refractivity contribution in [1.82, 2.24) is 0 Å². The Morgan fingerprint density at radius 2 is 2.29 bits per heavy atom. The molecule has 4 N–H and O–H groups in total. The fourth-order valence-electron chi connectivity index (χ4n) is 1.12. The van der Waals surface area contributed by atoms with Gasteiger partial charge in [0, 0.05) is 0 Å². The van der Waals surface area contributed by atoms with Crippen LogP contribution in [-0.4, -0.2) is 11.9 Å². The van der Waals surface area contributed by atoms with Crippen LogP contribution in [0.25, 0.3) is 0 Å². The lowest BCUT2D eigenvalue weighted by Gasteiger charge is -2.06. The zero-order chi connectivity index (χ0) is 10.6. The lowest BCUT2D eigenvalue weighted by atomic mass is 10.0. The third-order valence-electron chi connectivity index (χ3n) is 1.88. The molecule has 0 radical (unpaired) electrons. The lowest BCUT2D eigenvalue weighted by Crippen LogP contribution is -2.38. The molecule has 72 valence electrons. The molecule has 0 bridgehead atoms. The molecule has 1 rings (SSSR count). The van der Waals surface area contributed by atoms with Gasteiger partial charge in [-0.05, 0) is 24.1 Å². The molecule has 0 fully saturated rings. The van der Waals surface area contributed by atoms with Gasteiger partial charge in [0.15, 0.2) is 0 Å². The Balaban J connectivity index is 2.78. The van der Waals surface area contributed by atoms with E-state index < -0.39 is 11.9 Å². The van der Waals surface area contributed by atoms with Gasteiger partial charge < -0.3 is 11.5 Å². The number of nitrogens with two attached hydrogens (primary N) is 2. The summed E-state index contributed by atoms with van der Waals surface area (Å²) in [4.78, 5) is 10.7. The molecule has 1 amide bonds. The maximum Gasteiger partial charge on any atom is 0.234 e.